The van der Waals surface area contributed by atoms with Gasteiger partial charge in [0.25, 0.3) is 5.91 Å². The Kier molecular flexibility index (Phi) is 5.51. The quantitative estimate of drug-likeness (QED) is 0.774. The number of benzene rings is 2. The van der Waals surface area contributed by atoms with E-state index in [-0.39, 0.29) is 30.9 Å². The summed E-state index contributed by atoms with van der Waals surface area (Å²) in [7, 11) is 1.71. The second kappa shape index (κ2) is 7.99. The van der Waals surface area contributed by atoms with E-state index in [1.807, 2.05) is 0 Å². The van der Waals surface area contributed by atoms with E-state index in [0.29, 0.717) is 16.8 Å². The second-order valence-electron chi connectivity index (χ2n) is 6.22. The molecule has 1 amide bonds. The minimum atomic E-state index is -0.565. The SMILES string of the molecule is CNc1ccccc1C(=O)OCC(=O)N(Cc1ccccc1F)C1CC1. The number of ether oxygens (including phenoxy) is 1. The molecule has 0 saturated heterocycles. The molecule has 0 aliphatic heterocycles. The molecule has 1 N–H and O–H groups in total. The van der Waals surface area contributed by atoms with Crippen molar-refractivity contribution in [1.82, 2.24) is 4.90 Å². The monoisotopic (exact) mass is 356 g/mol. The number of nitrogens with one attached hydrogen (secondary N) is 1. The van der Waals surface area contributed by atoms with Gasteiger partial charge >= 0.3 is 5.97 Å². The van der Waals surface area contributed by atoms with Gasteiger partial charge < -0.3 is 15.0 Å². The Morgan fingerprint density at radius 2 is 1.85 bits per heavy atom. The first-order valence-electron chi connectivity index (χ1n) is 8.57. The van der Waals surface area contributed by atoms with Crippen molar-refractivity contribution in [3.63, 3.8) is 0 Å². The molecule has 0 spiro atoms. The van der Waals surface area contributed by atoms with Gasteiger partial charge in [-0.3, -0.25) is 4.79 Å². The smallest absolute Gasteiger partial charge is 0.340 e. The number of amides is 1. The molecule has 0 radical (unpaired) electrons. The Hall–Kier alpha value is -2.89. The van der Waals surface area contributed by atoms with Gasteiger partial charge in [0.15, 0.2) is 6.61 Å². The van der Waals surface area contributed by atoms with Crippen molar-refractivity contribution in [2.45, 2.75) is 25.4 Å². The Morgan fingerprint density at radius 3 is 2.54 bits per heavy atom. The highest BCUT2D eigenvalue weighted by molar-refractivity contribution is 5.96. The van der Waals surface area contributed by atoms with E-state index < -0.39 is 5.97 Å². The molecule has 2 aromatic carbocycles. The molecule has 1 aliphatic carbocycles. The van der Waals surface area contributed by atoms with Gasteiger partial charge in [-0.25, -0.2) is 9.18 Å². The van der Waals surface area contributed by atoms with Crippen LogP contribution in [-0.4, -0.2) is 36.5 Å². The number of esters is 1. The molecule has 0 bridgehead atoms. The molecule has 6 heteroatoms. The average molecular weight is 356 g/mol. The van der Waals surface area contributed by atoms with Crippen LogP contribution in [0.3, 0.4) is 0 Å². The molecule has 0 heterocycles. The largest absolute Gasteiger partial charge is 0.452 e. The molecule has 1 saturated carbocycles. The van der Waals surface area contributed by atoms with E-state index >= 15 is 0 Å². The lowest BCUT2D eigenvalue weighted by Crippen LogP contribution is -2.36. The number of nitrogens with zero attached hydrogens (tertiary/aromatic N) is 1. The van der Waals surface area contributed by atoms with Crippen molar-refractivity contribution in [3.05, 3.63) is 65.5 Å². The zero-order chi connectivity index (χ0) is 18.5. The number of rotatable bonds is 7. The highest BCUT2D eigenvalue weighted by Gasteiger charge is 2.33. The number of para-hydroxylation sites is 1. The average Bonchev–Trinajstić information content (AvgIpc) is 3.50. The summed E-state index contributed by atoms with van der Waals surface area (Å²) in [5, 5.41) is 2.92. The highest BCUT2D eigenvalue weighted by Crippen LogP contribution is 2.29. The predicted octanol–water partition coefficient (Wildman–Crippen LogP) is 3.22. The lowest BCUT2D eigenvalue weighted by molar-refractivity contribution is -0.135. The van der Waals surface area contributed by atoms with Gasteiger partial charge in [0, 0.05) is 30.9 Å². The van der Waals surface area contributed by atoms with Crippen molar-refractivity contribution < 1.29 is 18.7 Å². The lowest BCUT2D eigenvalue weighted by atomic mass is 10.2. The first-order valence-corrected chi connectivity index (χ1v) is 8.57. The van der Waals surface area contributed by atoms with E-state index in [1.54, 1.807) is 54.4 Å². The number of hydrogen-bond acceptors (Lipinski definition) is 4. The Labute approximate surface area is 151 Å². The number of hydrogen-bond donors (Lipinski definition) is 1. The van der Waals surface area contributed by atoms with Crippen LogP contribution in [0, 0.1) is 5.82 Å². The van der Waals surface area contributed by atoms with Crippen molar-refractivity contribution in [1.29, 1.82) is 0 Å². The van der Waals surface area contributed by atoms with E-state index in [9.17, 15) is 14.0 Å². The summed E-state index contributed by atoms with van der Waals surface area (Å²) in [6.07, 6.45) is 1.77. The van der Waals surface area contributed by atoms with E-state index in [2.05, 4.69) is 5.32 Å². The fourth-order valence-electron chi connectivity index (χ4n) is 2.78. The summed E-state index contributed by atoms with van der Waals surface area (Å²) in [5.41, 5.74) is 1.46. The molecule has 1 fully saturated rings. The Balaban J connectivity index is 1.64. The van der Waals surface area contributed by atoms with Crippen LogP contribution < -0.4 is 5.32 Å². The number of carbonyl (C=O) groups excluding carboxylic acids is 2. The summed E-state index contributed by atoms with van der Waals surface area (Å²) >= 11 is 0. The molecule has 26 heavy (non-hydrogen) atoms. The second-order valence-corrected chi connectivity index (χ2v) is 6.22. The molecule has 1 aliphatic rings. The molecular weight excluding hydrogens is 335 g/mol. The van der Waals surface area contributed by atoms with Crippen molar-refractivity contribution in [3.8, 4) is 0 Å². The highest BCUT2D eigenvalue weighted by atomic mass is 19.1. The minimum absolute atomic E-state index is 0.0883. The topological polar surface area (TPSA) is 58.6 Å². The third-order valence-electron chi connectivity index (χ3n) is 4.35. The van der Waals surface area contributed by atoms with Crippen LogP contribution in [0.1, 0.15) is 28.8 Å². The minimum Gasteiger partial charge on any atom is -0.452 e. The number of carbonyl (C=O) groups is 2. The summed E-state index contributed by atoms with van der Waals surface area (Å²) in [5.74, 6) is -1.22. The van der Waals surface area contributed by atoms with Gasteiger partial charge in [-0.05, 0) is 31.0 Å². The van der Waals surface area contributed by atoms with Crippen LogP contribution in [0.15, 0.2) is 48.5 Å². The zero-order valence-electron chi connectivity index (χ0n) is 14.6. The van der Waals surface area contributed by atoms with Gasteiger partial charge in [0.05, 0.1) is 5.56 Å². The fraction of sp³-hybridized carbons (Fsp3) is 0.300. The molecule has 0 unspecified atom stereocenters. The maximum atomic E-state index is 13.9. The van der Waals surface area contributed by atoms with Crippen LogP contribution >= 0.6 is 0 Å². The maximum absolute atomic E-state index is 13.9. The number of halogens is 1. The third-order valence-corrected chi connectivity index (χ3v) is 4.35. The van der Waals surface area contributed by atoms with Gasteiger partial charge in [-0.2, -0.15) is 0 Å². The molecule has 3 rings (SSSR count). The van der Waals surface area contributed by atoms with Gasteiger partial charge in [-0.15, -0.1) is 0 Å². The van der Waals surface area contributed by atoms with Crippen molar-refractivity contribution in [2.75, 3.05) is 19.0 Å². The lowest BCUT2D eigenvalue weighted by Gasteiger charge is -2.22. The fourth-order valence-corrected chi connectivity index (χ4v) is 2.78. The first kappa shape index (κ1) is 17.9. The third kappa shape index (κ3) is 4.20. The van der Waals surface area contributed by atoms with Crippen molar-refractivity contribution in [2.24, 2.45) is 0 Å². The Morgan fingerprint density at radius 1 is 1.15 bits per heavy atom. The van der Waals surface area contributed by atoms with Gasteiger partial charge in [0.2, 0.25) is 0 Å². The summed E-state index contributed by atoms with van der Waals surface area (Å²) < 4.78 is 19.1. The van der Waals surface area contributed by atoms with E-state index in [0.717, 1.165) is 12.8 Å². The van der Waals surface area contributed by atoms with Crippen molar-refractivity contribution >= 4 is 17.6 Å². The predicted molar refractivity (Wildman–Crippen MR) is 96.2 cm³/mol. The summed E-state index contributed by atoms with van der Waals surface area (Å²) in [6, 6.07) is 13.4. The molecular formula is C20H21FN2O3. The summed E-state index contributed by atoms with van der Waals surface area (Å²) in [6.45, 7) is -0.178. The van der Waals surface area contributed by atoms with E-state index in [4.69, 9.17) is 4.74 Å². The molecule has 5 nitrogen and oxygen atoms in total. The maximum Gasteiger partial charge on any atom is 0.340 e. The van der Waals surface area contributed by atoms with Crippen LogP contribution in [0.2, 0.25) is 0 Å². The van der Waals surface area contributed by atoms with Gasteiger partial charge in [0.1, 0.15) is 5.82 Å². The van der Waals surface area contributed by atoms with E-state index in [1.165, 1.54) is 6.07 Å². The molecule has 0 atom stereocenters. The molecule has 2 aromatic rings. The number of anilines is 1. The normalized spacial score (nSPS) is 13.2. The first-order chi connectivity index (χ1) is 12.6. The standard InChI is InChI=1S/C20H21FN2O3/c1-22-18-9-5-3-7-16(18)20(25)26-13-19(24)23(15-10-11-15)12-14-6-2-4-8-17(14)21/h2-9,15,22H,10-13H2,1H3. The van der Waals surface area contributed by atoms with Crippen LogP contribution in [0.4, 0.5) is 10.1 Å². The zero-order valence-corrected chi connectivity index (χ0v) is 14.6. The summed E-state index contributed by atoms with van der Waals surface area (Å²) in [4.78, 5) is 26.4. The molecule has 136 valence electrons. The van der Waals surface area contributed by atoms with Crippen LogP contribution in [0.5, 0.6) is 0 Å². The van der Waals surface area contributed by atoms with Gasteiger partial charge in [-0.1, -0.05) is 30.3 Å². The molecule has 0 aromatic heterocycles. The van der Waals surface area contributed by atoms with Crippen LogP contribution in [0.25, 0.3) is 0 Å². The van der Waals surface area contributed by atoms with Crippen LogP contribution in [-0.2, 0) is 16.1 Å². The Bertz CT molecular complexity index is 805.